The van der Waals surface area contributed by atoms with Gasteiger partial charge in [0, 0.05) is 11.6 Å². The maximum absolute atomic E-state index is 12.3. The Morgan fingerprint density at radius 2 is 1.68 bits per heavy atom. The van der Waals surface area contributed by atoms with Gasteiger partial charge in [0.25, 0.3) is 0 Å². The lowest BCUT2D eigenvalue weighted by molar-refractivity contribution is -0.138. The fraction of sp³-hybridized carbons (Fsp3) is 0.250. The van der Waals surface area contributed by atoms with Crippen molar-refractivity contribution in [1.82, 2.24) is 0 Å². The van der Waals surface area contributed by atoms with Crippen molar-refractivity contribution in [1.29, 1.82) is 0 Å². The Kier molecular flexibility index (Phi) is 7.62. The molecule has 0 heterocycles. The van der Waals surface area contributed by atoms with Gasteiger partial charge in [0.1, 0.15) is 18.1 Å². The molecular weight excluding hydrogens is 374 g/mol. The van der Waals surface area contributed by atoms with E-state index in [0.717, 1.165) is 0 Å². The van der Waals surface area contributed by atoms with E-state index in [4.69, 9.17) is 18.9 Å². The van der Waals surface area contributed by atoms with Crippen molar-refractivity contribution in [3.63, 3.8) is 0 Å². The Bertz CT molecular complexity index is 835. The standard InChI is InChI=1S/C20H20F2O6/c1-24-15-6-8-16(25-2)14(11-15)12-27-19(23)9-5-13-4-7-17(28-20(21)22)18(10-13)26-3/h4-11,20H,12H2,1-3H3/b9-5+. The Hall–Kier alpha value is -3.29. The van der Waals surface area contributed by atoms with E-state index in [-0.39, 0.29) is 18.1 Å². The molecule has 8 heteroatoms. The monoisotopic (exact) mass is 394 g/mol. The molecule has 0 aromatic heterocycles. The first-order valence-corrected chi connectivity index (χ1v) is 8.15. The molecule has 2 aromatic rings. The molecule has 0 saturated carbocycles. The SMILES string of the molecule is COc1ccc(OC)c(COC(=O)/C=C/c2ccc(OC(F)F)c(OC)c2)c1. The molecule has 0 unspecified atom stereocenters. The van der Waals surface area contributed by atoms with Gasteiger partial charge < -0.3 is 23.7 Å². The zero-order chi connectivity index (χ0) is 20.5. The molecule has 2 rings (SSSR count). The lowest BCUT2D eigenvalue weighted by Crippen LogP contribution is -2.04. The summed E-state index contributed by atoms with van der Waals surface area (Å²) in [4.78, 5) is 12.0. The summed E-state index contributed by atoms with van der Waals surface area (Å²) in [6.07, 6.45) is 2.69. The summed E-state index contributed by atoms with van der Waals surface area (Å²) < 4.78 is 49.6. The highest BCUT2D eigenvalue weighted by molar-refractivity contribution is 5.87. The third kappa shape index (κ3) is 5.87. The van der Waals surface area contributed by atoms with Crippen LogP contribution in [-0.2, 0) is 16.1 Å². The number of benzene rings is 2. The van der Waals surface area contributed by atoms with Crippen LogP contribution >= 0.6 is 0 Å². The molecule has 0 atom stereocenters. The minimum atomic E-state index is -2.96. The van der Waals surface area contributed by atoms with Gasteiger partial charge in [0.05, 0.1) is 21.3 Å². The average Bonchev–Trinajstić information content (AvgIpc) is 2.70. The summed E-state index contributed by atoms with van der Waals surface area (Å²) in [6, 6.07) is 9.47. The van der Waals surface area contributed by atoms with E-state index in [1.807, 2.05) is 0 Å². The van der Waals surface area contributed by atoms with Crippen LogP contribution < -0.4 is 18.9 Å². The summed E-state index contributed by atoms with van der Waals surface area (Å²) in [5, 5.41) is 0. The molecule has 0 saturated heterocycles. The molecular formula is C20H20F2O6. The number of halogens is 2. The summed E-state index contributed by atoms with van der Waals surface area (Å²) >= 11 is 0. The second-order valence-corrected chi connectivity index (χ2v) is 5.41. The van der Waals surface area contributed by atoms with E-state index in [0.29, 0.717) is 22.6 Å². The van der Waals surface area contributed by atoms with Crippen LogP contribution in [0.1, 0.15) is 11.1 Å². The maximum atomic E-state index is 12.3. The number of methoxy groups -OCH3 is 3. The first-order chi connectivity index (χ1) is 13.5. The highest BCUT2D eigenvalue weighted by atomic mass is 19.3. The Morgan fingerprint density at radius 1 is 0.964 bits per heavy atom. The quantitative estimate of drug-likeness (QED) is 0.472. The summed E-state index contributed by atoms with van der Waals surface area (Å²) in [6.45, 7) is -2.97. The third-order valence-electron chi connectivity index (χ3n) is 3.67. The van der Waals surface area contributed by atoms with Crippen molar-refractivity contribution in [2.24, 2.45) is 0 Å². The molecule has 0 radical (unpaired) electrons. The number of carbonyl (C=O) groups excluding carboxylic acids is 1. The molecule has 0 spiro atoms. The van der Waals surface area contributed by atoms with Gasteiger partial charge in [-0.25, -0.2) is 4.79 Å². The van der Waals surface area contributed by atoms with Crippen molar-refractivity contribution in [3.05, 3.63) is 53.6 Å². The molecule has 0 bridgehead atoms. The molecule has 2 aromatic carbocycles. The zero-order valence-electron chi connectivity index (χ0n) is 15.6. The molecule has 0 aliphatic rings. The van der Waals surface area contributed by atoms with Crippen LogP contribution in [0.4, 0.5) is 8.78 Å². The lowest BCUT2D eigenvalue weighted by Gasteiger charge is -2.10. The minimum Gasteiger partial charge on any atom is -0.497 e. The van der Waals surface area contributed by atoms with E-state index >= 15 is 0 Å². The number of rotatable bonds is 9. The van der Waals surface area contributed by atoms with Gasteiger partial charge in [-0.15, -0.1) is 0 Å². The molecule has 0 fully saturated rings. The summed E-state index contributed by atoms with van der Waals surface area (Å²) in [7, 11) is 4.38. The number of alkyl halides is 2. The second-order valence-electron chi connectivity index (χ2n) is 5.41. The average molecular weight is 394 g/mol. The topological polar surface area (TPSA) is 63.2 Å². The van der Waals surface area contributed by atoms with Gasteiger partial charge in [0.15, 0.2) is 11.5 Å². The first-order valence-electron chi connectivity index (χ1n) is 8.15. The van der Waals surface area contributed by atoms with Crippen LogP contribution in [0.2, 0.25) is 0 Å². The van der Waals surface area contributed by atoms with Crippen LogP contribution in [0, 0.1) is 0 Å². The second kappa shape index (κ2) is 10.1. The van der Waals surface area contributed by atoms with Crippen molar-refractivity contribution < 1.29 is 37.3 Å². The molecule has 6 nitrogen and oxygen atoms in total. The number of carbonyl (C=O) groups is 1. The number of ether oxygens (including phenoxy) is 5. The van der Waals surface area contributed by atoms with Crippen molar-refractivity contribution in [2.45, 2.75) is 13.2 Å². The van der Waals surface area contributed by atoms with Gasteiger partial charge >= 0.3 is 12.6 Å². The van der Waals surface area contributed by atoms with Crippen molar-refractivity contribution >= 4 is 12.0 Å². The number of hydrogen-bond donors (Lipinski definition) is 0. The fourth-order valence-electron chi connectivity index (χ4n) is 2.34. The van der Waals surface area contributed by atoms with Gasteiger partial charge in [-0.1, -0.05) is 6.07 Å². The van der Waals surface area contributed by atoms with E-state index in [1.54, 1.807) is 18.2 Å². The van der Waals surface area contributed by atoms with E-state index in [2.05, 4.69) is 4.74 Å². The van der Waals surface area contributed by atoms with Crippen LogP contribution in [0.5, 0.6) is 23.0 Å². The minimum absolute atomic E-state index is 0.00592. The Labute approximate surface area is 161 Å². The molecule has 150 valence electrons. The summed E-state index contributed by atoms with van der Waals surface area (Å²) in [5.74, 6) is 0.619. The van der Waals surface area contributed by atoms with E-state index < -0.39 is 12.6 Å². The number of hydrogen-bond acceptors (Lipinski definition) is 6. The molecule has 28 heavy (non-hydrogen) atoms. The van der Waals surface area contributed by atoms with Crippen molar-refractivity contribution in [3.8, 4) is 23.0 Å². The maximum Gasteiger partial charge on any atom is 0.387 e. The Balaban J connectivity index is 2.02. The largest absolute Gasteiger partial charge is 0.497 e. The molecule has 0 aliphatic heterocycles. The zero-order valence-corrected chi connectivity index (χ0v) is 15.6. The highest BCUT2D eigenvalue weighted by Crippen LogP contribution is 2.30. The van der Waals surface area contributed by atoms with Crippen LogP contribution in [0.15, 0.2) is 42.5 Å². The van der Waals surface area contributed by atoms with Gasteiger partial charge in [-0.05, 0) is 42.0 Å². The normalized spacial score (nSPS) is 10.8. The van der Waals surface area contributed by atoms with Crippen LogP contribution in [0.25, 0.3) is 6.08 Å². The lowest BCUT2D eigenvalue weighted by atomic mass is 10.2. The van der Waals surface area contributed by atoms with E-state index in [1.165, 1.54) is 51.7 Å². The van der Waals surface area contributed by atoms with Gasteiger partial charge in [-0.2, -0.15) is 8.78 Å². The summed E-state index contributed by atoms with van der Waals surface area (Å²) in [5.41, 5.74) is 1.20. The fourth-order valence-corrected chi connectivity index (χ4v) is 2.34. The highest BCUT2D eigenvalue weighted by Gasteiger charge is 2.11. The third-order valence-corrected chi connectivity index (χ3v) is 3.67. The Morgan fingerprint density at radius 3 is 2.32 bits per heavy atom. The first kappa shape index (κ1) is 21.0. The van der Waals surface area contributed by atoms with Gasteiger partial charge in [-0.3, -0.25) is 0 Å². The van der Waals surface area contributed by atoms with Crippen LogP contribution in [0.3, 0.4) is 0 Å². The predicted octanol–water partition coefficient (Wildman–Crippen LogP) is 4.07. The number of esters is 1. The van der Waals surface area contributed by atoms with Crippen LogP contribution in [-0.4, -0.2) is 33.9 Å². The molecule has 0 amide bonds. The van der Waals surface area contributed by atoms with E-state index in [9.17, 15) is 13.6 Å². The molecule has 0 N–H and O–H groups in total. The van der Waals surface area contributed by atoms with Crippen molar-refractivity contribution in [2.75, 3.05) is 21.3 Å². The predicted molar refractivity (Wildman–Crippen MR) is 98.0 cm³/mol. The smallest absolute Gasteiger partial charge is 0.387 e. The molecule has 0 aliphatic carbocycles. The van der Waals surface area contributed by atoms with Gasteiger partial charge in [0.2, 0.25) is 0 Å².